The first-order valence-corrected chi connectivity index (χ1v) is 7.02. The molecule has 0 amide bonds. The molecule has 1 aliphatic rings. The largest absolute Gasteiger partial charge is 0.462 e. The highest BCUT2D eigenvalue weighted by Gasteiger charge is 2.26. The van der Waals surface area contributed by atoms with Crippen LogP contribution in [0, 0.1) is 6.92 Å². The van der Waals surface area contributed by atoms with Crippen LogP contribution in [-0.4, -0.2) is 12.9 Å². The molecule has 0 bridgehead atoms. The lowest BCUT2D eigenvalue weighted by Gasteiger charge is -2.26. The van der Waals surface area contributed by atoms with Crippen LogP contribution in [0.5, 0.6) is 5.75 Å². The number of ether oxygens (including phenoxy) is 2. The smallest absolute Gasteiger partial charge is 0.223 e. The van der Waals surface area contributed by atoms with Crippen molar-refractivity contribution in [3.05, 3.63) is 65.2 Å². The highest BCUT2D eigenvalue weighted by atomic mass is 16.8. The summed E-state index contributed by atoms with van der Waals surface area (Å²) in [5.74, 6) is 0.871. The van der Waals surface area contributed by atoms with Crippen LogP contribution in [0.4, 0.5) is 0 Å². The Hall–Kier alpha value is -1.80. The summed E-state index contributed by atoms with van der Waals surface area (Å²) >= 11 is 0. The second kappa shape index (κ2) is 4.95. The van der Waals surface area contributed by atoms with Gasteiger partial charge in [-0.2, -0.15) is 0 Å². The Labute approximate surface area is 120 Å². The van der Waals surface area contributed by atoms with Gasteiger partial charge in [0.2, 0.25) is 6.29 Å². The Morgan fingerprint density at radius 3 is 1.95 bits per heavy atom. The van der Waals surface area contributed by atoms with Crippen molar-refractivity contribution in [2.45, 2.75) is 32.5 Å². The van der Waals surface area contributed by atoms with E-state index in [-0.39, 0.29) is 11.7 Å². The van der Waals surface area contributed by atoms with Crippen LogP contribution in [0.25, 0.3) is 0 Å². The van der Waals surface area contributed by atoms with E-state index in [2.05, 4.69) is 57.2 Å². The lowest BCUT2D eigenvalue weighted by atomic mass is 9.78. The Kier molecular flexibility index (Phi) is 3.27. The van der Waals surface area contributed by atoms with E-state index in [0.29, 0.717) is 6.61 Å². The maximum atomic E-state index is 5.59. The maximum absolute atomic E-state index is 5.59. The second-order valence-electron chi connectivity index (χ2n) is 5.90. The summed E-state index contributed by atoms with van der Waals surface area (Å²) < 4.78 is 10.7. The molecule has 1 aliphatic heterocycles. The number of epoxide rings is 1. The van der Waals surface area contributed by atoms with E-state index in [1.807, 2.05) is 12.1 Å². The quantitative estimate of drug-likeness (QED) is 0.780. The van der Waals surface area contributed by atoms with Crippen molar-refractivity contribution in [2.75, 3.05) is 6.61 Å². The SMILES string of the molecule is Cc1ccc(C(C)(C)c2ccc(OC3CO3)cc2)cc1. The lowest BCUT2D eigenvalue weighted by Crippen LogP contribution is -2.18. The van der Waals surface area contributed by atoms with E-state index in [1.165, 1.54) is 16.7 Å². The van der Waals surface area contributed by atoms with Gasteiger partial charge >= 0.3 is 0 Å². The van der Waals surface area contributed by atoms with Crippen molar-refractivity contribution in [1.29, 1.82) is 0 Å². The first kappa shape index (κ1) is 13.2. The van der Waals surface area contributed by atoms with E-state index in [1.54, 1.807) is 0 Å². The van der Waals surface area contributed by atoms with Gasteiger partial charge in [-0.05, 0) is 30.2 Å². The molecule has 2 heteroatoms. The standard InChI is InChI=1S/C18H20O2/c1-13-4-6-14(7-5-13)18(2,3)15-8-10-16(11-9-15)20-17-12-19-17/h4-11,17H,12H2,1-3H3. The predicted octanol–water partition coefficient (Wildman–Crippen LogP) is 4.06. The fourth-order valence-electron chi connectivity index (χ4n) is 2.35. The van der Waals surface area contributed by atoms with Crippen molar-refractivity contribution in [3.63, 3.8) is 0 Å². The second-order valence-corrected chi connectivity index (χ2v) is 5.90. The molecule has 1 heterocycles. The molecule has 0 aromatic heterocycles. The van der Waals surface area contributed by atoms with Gasteiger partial charge in [0.15, 0.2) is 0 Å². The van der Waals surface area contributed by atoms with Crippen molar-refractivity contribution in [2.24, 2.45) is 0 Å². The highest BCUT2D eigenvalue weighted by molar-refractivity contribution is 5.40. The molecule has 1 saturated heterocycles. The van der Waals surface area contributed by atoms with Crippen LogP contribution in [-0.2, 0) is 10.2 Å². The average Bonchev–Trinajstić information content (AvgIpc) is 3.24. The number of hydrogen-bond donors (Lipinski definition) is 0. The molecular weight excluding hydrogens is 248 g/mol. The molecule has 1 fully saturated rings. The van der Waals surface area contributed by atoms with Gasteiger partial charge in [0.1, 0.15) is 12.4 Å². The van der Waals surface area contributed by atoms with E-state index >= 15 is 0 Å². The number of aryl methyl sites for hydroxylation is 1. The molecule has 0 radical (unpaired) electrons. The summed E-state index contributed by atoms with van der Waals surface area (Å²) in [7, 11) is 0. The topological polar surface area (TPSA) is 21.8 Å². The first-order chi connectivity index (χ1) is 9.55. The summed E-state index contributed by atoms with van der Waals surface area (Å²) in [6.45, 7) is 7.31. The van der Waals surface area contributed by atoms with Gasteiger partial charge in [-0.1, -0.05) is 55.8 Å². The van der Waals surface area contributed by atoms with Crippen LogP contribution in [0.1, 0.15) is 30.5 Å². The molecule has 0 saturated carbocycles. The third-order valence-electron chi connectivity index (χ3n) is 3.92. The number of hydrogen-bond acceptors (Lipinski definition) is 2. The molecule has 20 heavy (non-hydrogen) atoms. The van der Waals surface area contributed by atoms with Gasteiger partial charge in [-0.15, -0.1) is 0 Å². The van der Waals surface area contributed by atoms with Crippen LogP contribution in [0.2, 0.25) is 0 Å². The zero-order valence-electron chi connectivity index (χ0n) is 12.2. The summed E-state index contributed by atoms with van der Waals surface area (Å²) in [6, 6.07) is 17.1. The van der Waals surface area contributed by atoms with Crippen LogP contribution < -0.4 is 4.74 Å². The summed E-state index contributed by atoms with van der Waals surface area (Å²) in [4.78, 5) is 0. The fraction of sp³-hybridized carbons (Fsp3) is 0.333. The van der Waals surface area contributed by atoms with Crippen molar-refractivity contribution in [1.82, 2.24) is 0 Å². The zero-order chi connectivity index (χ0) is 14.2. The van der Waals surface area contributed by atoms with Gasteiger partial charge in [-0.3, -0.25) is 0 Å². The molecule has 104 valence electrons. The molecule has 2 aromatic carbocycles. The minimum atomic E-state index is -0.0361. The molecule has 3 rings (SSSR count). The van der Waals surface area contributed by atoms with Gasteiger partial charge in [0.25, 0.3) is 0 Å². The third-order valence-corrected chi connectivity index (χ3v) is 3.92. The van der Waals surface area contributed by atoms with Crippen LogP contribution in [0.3, 0.4) is 0 Å². The van der Waals surface area contributed by atoms with Crippen LogP contribution >= 0.6 is 0 Å². The maximum Gasteiger partial charge on any atom is 0.223 e. The van der Waals surface area contributed by atoms with Gasteiger partial charge in [0, 0.05) is 5.41 Å². The Bertz CT molecular complexity index is 578. The van der Waals surface area contributed by atoms with Gasteiger partial charge < -0.3 is 9.47 Å². The molecule has 0 spiro atoms. The van der Waals surface area contributed by atoms with Crippen molar-refractivity contribution in [3.8, 4) is 5.75 Å². The summed E-state index contributed by atoms with van der Waals surface area (Å²) in [5.41, 5.74) is 3.88. The van der Waals surface area contributed by atoms with Crippen LogP contribution in [0.15, 0.2) is 48.5 Å². The average molecular weight is 268 g/mol. The van der Waals surface area contributed by atoms with Gasteiger partial charge in [0.05, 0.1) is 0 Å². The molecular formula is C18H20O2. The lowest BCUT2D eigenvalue weighted by molar-refractivity contribution is 0.179. The van der Waals surface area contributed by atoms with E-state index in [9.17, 15) is 0 Å². The van der Waals surface area contributed by atoms with Gasteiger partial charge in [-0.25, -0.2) is 0 Å². The predicted molar refractivity (Wildman–Crippen MR) is 80.1 cm³/mol. The molecule has 1 atom stereocenters. The Balaban J connectivity index is 1.83. The fourth-order valence-corrected chi connectivity index (χ4v) is 2.35. The molecule has 1 unspecified atom stereocenters. The summed E-state index contributed by atoms with van der Waals surface area (Å²) in [6.07, 6.45) is -0.0361. The van der Waals surface area contributed by atoms with E-state index < -0.39 is 0 Å². The molecule has 2 nitrogen and oxygen atoms in total. The Morgan fingerprint density at radius 2 is 1.45 bits per heavy atom. The van der Waals surface area contributed by atoms with Crippen molar-refractivity contribution >= 4 is 0 Å². The minimum Gasteiger partial charge on any atom is -0.462 e. The molecule has 2 aromatic rings. The number of benzene rings is 2. The zero-order valence-corrected chi connectivity index (χ0v) is 12.2. The van der Waals surface area contributed by atoms with E-state index in [0.717, 1.165) is 5.75 Å². The monoisotopic (exact) mass is 268 g/mol. The highest BCUT2D eigenvalue weighted by Crippen LogP contribution is 2.32. The molecule has 0 N–H and O–H groups in total. The first-order valence-electron chi connectivity index (χ1n) is 7.02. The third kappa shape index (κ3) is 2.70. The van der Waals surface area contributed by atoms with Crippen molar-refractivity contribution < 1.29 is 9.47 Å². The molecule has 0 aliphatic carbocycles. The number of rotatable bonds is 4. The van der Waals surface area contributed by atoms with E-state index in [4.69, 9.17) is 9.47 Å². The summed E-state index contributed by atoms with van der Waals surface area (Å²) in [5, 5.41) is 0. The normalized spacial score (nSPS) is 17.9. The Morgan fingerprint density at radius 1 is 0.950 bits per heavy atom. The minimum absolute atomic E-state index is 0.0116.